The molecule has 2 N–H and O–H groups in total. The lowest BCUT2D eigenvalue weighted by atomic mass is 10.2. The molecule has 2 saturated heterocycles. The van der Waals surface area contributed by atoms with Gasteiger partial charge in [0.1, 0.15) is 0 Å². The highest BCUT2D eigenvalue weighted by Crippen LogP contribution is 2.19. The van der Waals surface area contributed by atoms with Crippen molar-refractivity contribution in [3.8, 4) is 0 Å². The van der Waals surface area contributed by atoms with Crippen molar-refractivity contribution >= 4 is 30.8 Å². The molecule has 2 rings (SSSR count). The number of primary amides is 1. The molecule has 0 aromatic rings. The predicted molar refractivity (Wildman–Crippen MR) is 69.2 cm³/mol. The third kappa shape index (κ3) is 3.68. The highest BCUT2D eigenvalue weighted by molar-refractivity contribution is 5.85. The van der Waals surface area contributed by atoms with Gasteiger partial charge >= 0.3 is 6.03 Å². The molecule has 2 amide bonds. The average molecular weight is 269 g/mol. The zero-order valence-electron chi connectivity index (χ0n) is 9.30. The Morgan fingerprint density at radius 2 is 1.94 bits per heavy atom. The predicted octanol–water partition coefficient (Wildman–Crippen LogP) is 1.28. The van der Waals surface area contributed by atoms with Gasteiger partial charge in [0, 0.05) is 19.1 Å². The number of rotatable bonds is 2. The largest absolute Gasteiger partial charge is 0.351 e. The van der Waals surface area contributed by atoms with Gasteiger partial charge in [0.25, 0.3) is 0 Å². The highest BCUT2D eigenvalue weighted by atomic mass is 35.5. The van der Waals surface area contributed by atoms with Crippen molar-refractivity contribution in [2.75, 3.05) is 26.2 Å². The summed E-state index contributed by atoms with van der Waals surface area (Å²) in [5.41, 5.74) is 5.31. The van der Waals surface area contributed by atoms with E-state index in [1.165, 1.54) is 25.9 Å². The van der Waals surface area contributed by atoms with Crippen LogP contribution in [0.15, 0.2) is 0 Å². The van der Waals surface area contributed by atoms with Gasteiger partial charge in [0.05, 0.1) is 0 Å². The minimum absolute atomic E-state index is 0. The van der Waals surface area contributed by atoms with Crippen LogP contribution in [0.1, 0.15) is 19.3 Å². The molecule has 1 atom stereocenters. The maximum absolute atomic E-state index is 11.1. The number of hydrogen-bond donors (Lipinski definition) is 1. The van der Waals surface area contributed by atoms with Gasteiger partial charge < -0.3 is 15.5 Å². The molecule has 4 nitrogen and oxygen atoms in total. The zero-order valence-corrected chi connectivity index (χ0v) is 10.9. The standard InChI is InChI=1S/C10H18N3O.2ClH/c11-10(14)13-7-3-4-9(13)8-12-5-1-2-6-12;;/h3,9H,1-2,4-8H2,(H2,11,14);2*1H/t9-;;/m0../s1. The Balaban J connectivity index is 0.00000112. The van der Waals surface area contributed by atoms with E-state index in [-0.39, 0.29) is 30.8 Å². The van der Waals surface area contributed by atoms with Gasteiger partial charge in [-0.1, -0.05) is 0 Å². The fourth-order valence-electron chi connectivity index (χ4n) is 2.39. The number of amides is 2. The molecule has 6 heteroatoms. The molecule has 0 spiro atoms. The fourth-order valence-corrected chi connectivity index (χ4v) is 2.39. The number of hydrogen-bond acceptors (Lipinski definition) is 2. The average Bonchev–Trinajstić information content (AvgIpc) is 2.75. The SMILES string of the molecule is Cl.Cl.NC(=O)N1C[CH]C[C@H]1CN1CCCC1. The lowest BCUT2D eigenvalue weighted by Crippen LogP contribution is -2.44. The van der Waals surface area contributed by atoms with Gasteiger partial charge in [-0.2, -0.15) is 0 Å². The summed E-state index contributed by atoms with van der Waals surface area (Å²) in [6.45, 7) is 4.10. The molecule has 1 radical (unpaired) electrons. The summed E-state index contributed by atoms with van der Waals surface area (Å²) < 4.78 is 0. The van der Waals surface area contributed by atoms with Crippen molar-refractivity contribution in [3.63, 3.8) is 0 Å². The van der Waals surface area contributed by atoms with E-state index in [0.717, 1.165) is 19.5 Å². The number of nitrogens with zero attached hydrogens (tertiary/aromatic N) is 2. The fraction of sp³-hybridized carbons (Fsp3) is 0.800. The summed E-state index contributed by atoms with van der Waals surface area (Å²) in [6, 6.07) is 0.0496. The summed E-state index contributed by atoms with van der Waals surface area (Å²) in [5.74, 6) is 0. The van der Waals surface area contributed by atoms with E-state index in [0.29, 0.717) is 6.04 Å². The molecule has 16 heavy (non-hydrogen) atoms. The van der Waals surface area contributed by atoms with Gasteiger partial charge in [0.2, 0.25) is 0 Å². The van der Waals surface area contributed by atoms with Gasteiger partial charge in [-0.3, -0.25) is 0 Å². The van der Waals surface area contributed by atoms with E-state index in [1.54, 1.807) is 4.90 Å². The second kappa shape index (κ2) is 7.20. The number of urea groups is 1. The number of likely N-dealkylation sites (tertiary alicyclic amines) is 2. The topological polar surface area (TPSA) is 49.6 Å². The molecule has 2 aliphatic rings. The van der Waals surface area contributed by atoms with Crippen LogP contribution in [0.4, 0.5) is 4.79 Å². The van der Waals surface area contributed by atoms with Crippen LogP contribution in [0.25, 0.3) is 0 Å². The number of carbonyl (C=O) groups excluding carboxylic acids is 1. The Bertz CT molecular complexity index is 222. The van der Waals surface area contributed by atoms with E-state index in [9.17, 15) is 4.79 Å². The second-order valence-corrected chi connectivity index (χ2v) is 4.18. The summed E-state index contributed by atoms with van der Waals surface area (Å²) in [6.07, 6.45) is 5.74. The van der Waals surface area contributed by atoms with Crippen molar-refractivity contribution < 1.29 is 4.79 Å². The molecule has 2 fully saturated rings. The van der Waals surface area contributed by atoms with Gasteiger partial charge in [-0.25, -0.2) is 4.79 Å². The second-order valence-electron chi connectivity index (χ2n) is 4.18. The summed E-state index contributed by atoms with van der Waals surface area (Å²) in [7, 11) is 0. The van der Waals surface area contributed by atoms with Crippen LogP contribution >= 0.6 is 24.8 Å². The van der Waals surface area contributed by atoms with Crippen molar-refractivity contribution in [2.24, 2.45) is 5.73 Å². The molecular formula is C10H20Cl2N3O. The van der Waals surface area contributed by atoms with Gasteiger partial charge in [0.15, 0.2) is 0 Å². The Kier molecular flexibility index (Phi) is 7.11. The normalized spacial score (nSPS) is 25.0. The summed E-state index contributed by atoms with van der Waals surface area (Å²) in [5, 5.41) is 0. The van der Waals surface area contributed by atoms with Crippen LogP contribution < -0.4 is 5.73 Å². The van der Waals surface area contributed by atoms with Crippen molar-refractivity contribution in [3.05, 3.63) is 6.42 Å². The van der Waals surface area contributed by atoms with Crippen LogP contribution in [0.5, 0.6) is 0 Å². The number of nitrogens with two attached hydrogens (primary N) is 1. The van der Waals surface area contributed by atoms with E-state index in [1.807, 2.05) is 0 Å². The van der Waals surface area contributed by atoms with Crippen molar-refractivity contribution in [1.29, 1.82) is 0 Å². The van der Waals surface area contributed by atoms with E-state index in [2.05, 4.69) is 11.3 Å². The molecule has 2 heterocycles. The number of carbonyl (C=O) groups is 1. The van der Waals surface area contributed by atoms with Crippen molar-refractivity contribution in [1.82, 2.24) is 9.80 Å². The monoisotopic (exact) mass is 268 g/mol. The highest BCUT2D eigenvalue weighted by Gasteiger charge is 2.29. The first-order chi connectivity index (χ1) is 6.77. The van der Waals surface area contributed by atoms with E-state index in [4.69, 9.17) is 5.73 Å². The number of halogens is 2. The summed E-state index contributed by atoms with van der Waals surface area (Å²) >= 11 is 0. The molecule has 0 aromatic carbocycles. The maximum atomic E-state index is 11.1. The van der Waals surface area contributed by atoms with Crippen LogP contribution in [-0.4, -0.2) is 48.1 Å². The van der Waals surface area contributed by atoms with Gasteiger partial charge in [-0.15, -0.1) is 24.8 Å². The molecule has 95 valence electrons. The Morgan fingerprint density at radius 1 is 1.31 bits per heavy atom. The van der Waals surface area contributed by atoms with Gasteiger partial charge in [-0.05, 0) is 38.8 Å². The van der Waals surface area contributed by atoms with Crippen LogP contribution in [-0.2, 0) is 0 Å². The van der Waals surface area contributed by atoms with Crippen LogP contribution in [0, 0.1) is 6.42 Å². The van der Waals surface area contributed by atoms with E-state index < -0.39 is 0 Å². The Hall–Kier alpha value is -0.190. The first kappa shape index (κ1) is 15.8. The van der Waals surface area contributed by atoms with Crippen molar-refractivity contribution in [2.45, 2.75) is 25.3 Å². The first-order valence-electron chi connectivity index (χ1n) is 5.37. The lowest BCUT2D eigenvalue weighted by Gasteiger charge is -2.26. The Morgan fingerprint density at radius 3 is 2.50 bits per heavy atom. The molecule has 0 saturated carbocycles. The quantitative estimate of drug-likeness (QED) is 0.821. The minimum Gasteiger partial charge on any atom is -0.351 e. The molecule has 0 aromatic heterocycles. The third-order valence-corrected chi connectivity index (χ3v) is 3.16. The lowest BCUT2D eigenvalue weighted by molar-refractivity contribution is 0.183. The van der Waals surface area contributed by atoms with Crippen LogP contribution in [0.3, 0.4) is 0 Å². The molecule has 0 unspecified atom stereocenters. The van der Waals surface area contributed by atoms with E-state index >= 15 is 0 Å². The molecule has 0 aliphatic carbocycles. The van der Waals surface area contributed by atoms with Crippen LogP contribution in [0.2, 0.25) is 0 Å². The smallest absolute Gasteiger partial charge is 0.315 e. The minimum atomic E-state index is -0.275. The molecular weight excluding hydrogens is 249 g/mol. The Labute approximate surface area is 109 Å². The first-order valence-corrected chi connectivity index (χ1v) is 5.37. The molecule has 2 aliphatic heterocycles. The molecule has 0 bridgehead atoms. The third-order valence-electron chi connectivity index (χ3n) is 3.16. The summed E-state index contributed by atoms with van der Waals surface area (Å²) in [4.78, 5) is 15.3. The maximum Gasteiger partial charge on any atom is 0.315 e. The zero-order chi connectivity index (χ0) is 9.97.